The van der Waals surface area contributed by atoms with Crippen LogP contribution in [-0.4, -0.2) is 25.0 Å². The predicted octanol–water partition coefficient (Wildman–Crippen LogP) is 7.00. The molecular weight excluding hydrogens is 525 g/mol. The highest BCUT2D eigenvalue weighted by atomic mass is 35.5. The van der Waals surface area contributed by atoms with Crippen LogP contribution in [0.5, 0.6) is 0 Å². The quantitative estimate of drug-likeness (QED) is 0.166. The van der Waals surface area contributed by atoms with Crippen molar-refractivity contribution in [1.82, 2.24) is 25.0 Å². The largest absolute Gasteiger partial charge is 0.339 e. The number of rotatable bonds is 8. The minimum Gasteiger partial charge on any atom is -0.339 e. The third-order valence-electron chi connectivity index (χ3n) is 5.36. The molecule has 5 rings (SSSR count). The van der Waals surface area contributed by atoms with Crippen molar-refractivity contribution in [2.24, 2.45) is 0 Å². The molecule has 0 radical (unpaired) electrons. The number of anilines is 2. The SMILES string of the molecule is N#Cc1c(Nc2cccc(Cl)c2)nc(SCc2cn(Cc3ccccc3Cl)nn2)nc1-c1ccccc1. The average molecular weight is 544 g/mol. The molecule has 0 aliphatic rings. The highest BCUT2D eigenvalue weighted by Gasteiger charge is 2.17. The van der Waals surface area contributed by atoms with Gasteiger partial charge in [-0.05, 0) is 29.8 Å². The molecule has 0 fully saturated rings. The molecule has 0 atom stereocenters. The van der Waals surface area contributed by atoms with E-state index in [1.54, 1.807) is 16.8 Å². The number of nitrogens with zero attached hydrogens (tertiary/aromatic N) is 6. The topological polar surface area (TPSA) is 92.3 Å². The van der Waals surface area contributed by atoms with Gasteiger partial charge in [0.1, 0.15) is 11.6 Å². The Morgan fingerprint density at radius 1 is 0.946 bits per heavy atom. The van der Waals surface area contributed by atoms with Crippen LogP contribution in [0.15, 0.2) is 90.2 Å². The molecule has 0 saturated carbocycles. The number of hydrogen-bond donors (Lipinski definition) is 1. The Labute approximate surface area is 228 Å². The Kier molecular flexibility index (Phi) is 7.66. The normalized spacial score (nSPS) is 10.7. The van der Waals surface area contributed by atoms with Crippen molar-refractivity contribution in [2.45, 2.75) is 17.5 Å². The smallest absolute Gasteiger partial charge is 0.190 e. The lowest BCUT2D eigenvalue weighted by Crippen LogP contribution is -2.03. The van der Waals surface area contributed by atoms with Gasteiger partial charge >= 0.3 is 0 Å². The predicted molar refractivity (Wildman–Crippen MR) is 147 cm³/mol. The van der Waals surface area contributed by atoms with Crippen LogP contribution < -0.4 is 5.32 Å². The zero-order chi connectivity index (χ0) is 25.6. The van der Waals surface area contributed by atoms with Crippen molar-refractivity contribution in [1.29, 1.82) is 5.26 Å². The molecule has 5 aromatic rings. The second-order valence-corrected chi connectivity index (χ2v) is 9.77. The van der Waals surface area contributed by atoms with E-state index in [2.05, 4.69) is 26.7 Å². The highest BCUT2D eigenvalue weighted by Crippen LogP contribution is 2.32. The van der Waals surface area contributed by atoms with Gasteiger partial charge in [-0.2, -0.15) is 5.26 Å². The molecule has 0 saturated heterocycles. The van der Waals surface area contributed by atoms with E-state index in [0.717, 1.165) is 22.5 Å². The van der Waals surface area contributed by atoms with E-state index in [1.807, 2.05) is 72.9 Å². The lowest BCUT2D eigenvalue weighted by molar-refractivity contribution is 0.649. The van der Waals surface area contributed by atoms with Crippen LogP contribution in [0.25, 0.3) is 11.3 Å². The fourth-order valence-electron chi connectivity index (χ4n) is 3.63. The van der Waals surface area contributed by atoms with E-state index in [-0.39, 0.29) is 0 Å². The number of nitrogens with one attached hydrogen (secondary N) is 1. The van der Waals surface area contributed by atoms with Crippen LogP contribution in [-0.2, 0) is 12.3 Å². The molecule has 0 amide bonds. The lowest BCUT2D eigenvalue weighted by Gasteiger charge is -2.13. The van der Waals surface area contributed by atoms with Gasteiger partial charge in [0.15, 0.2) is 11.0 Å². The summed E-state index contributed by atoms with van der Waals surface area (Å²) < 4.78 is 1.75. The molecule has 10 heteroatoms. The first-order valence-corrected chi connectivity index (χ1v) is 13.0. The van der Waals surface area contributed by atoms with Gasteiger partial charge in [-0.3, -0.25) is 0 Å². The summed E-state index contributed by atoms with van der Waals surface area (Å²) >= 11 is 13.8. The number of nitriles is 1. The first kappa shape index (κ1) is 24.8. The minimum absolute atomic E-state index is 0.348. The fraction of sp³-hybridized carbons (Fsp3) is 0.0741. The maximum absolute atomic E-state index is 10.0. The average Bonchev–Trinajstić information content (AvgIpc) is 3.36. The van der Waals surface area contributed by atoms with Gasteiger partial charge in [-0.25, -0.2) is 14.6 Å². The van der Waals surface area contributed by atoms with Crippen molar-refractivity contribution in [3.63, 3.8) is 0 Å². The lowest BCUT2D eigenvalue weighted by atomic mass is 10.1. The number of hydrogen-bond acceptors (Lipinski definition) is 7. The number of benzene rings is 3. The molecule has 0 aliphatic heterocycles. The van der Waals surface area contributed by atoms with Crippen molar-refractivity contribution < 1.29 is 0 Å². The van der Waals surface area contributed by atoms with Crippen LogP contribution in [0.1, 0.15) is 16.8 Å². The molecule has 7 nitrogen and oxygen atoms in total. The summed E-state index contributed by atoms with van der Waals surface area (Å²) in [5, 5.41) is 23.5. The molecule has 0 aliphatic carbocycles. The van der Waals surface area contributed by atoms with Gasteiger partial charge in [-0.1, -0.05) is 94.8 Å². The highest BCUT2D eigenvalue weighted by molar-refractivity contribution is 7.98. The van der Waals surface area contributed by atoms with E-state index < -0.39 is 0 Å². The zero-order valence-corrected chi connectivity index (χ0v) is 21.7. The molecular formula is C27H19Cl2N7S. The second-order valence-electron chi connectivity index (χ2n) is 7.98. The van der Waals surface area contributed by atoms with Crippen molar-refractivity contribution in [3.8, 4) is 17.3 Å². The zero-order valence-electron chi connectivity index (χ0n) is 19.3. The summed E-state index contributed by atoms with van der Waals surface area (Å²) in [6.07, 6.45) is 1.88. The van der Waals surface area contributed by atoms with Crippen LogP contribution in [0.3, 0.4) is 0 Å². The number of aromatic nitrogens is 5. The van der Waals surface area contributed by atoms with Gasteiger partial charge in [0.2, 0.25) is 0 Å². The molecule has 0 unspecified atom stereocenters. The monoisotopic (exact) mass is 543 g/mol. The van der Waals surface area contributed by atoms with E-state index in [4.69, 9.17) is 28.2 Å². The summed E-state index contributed by atoms with van der Waals surface area (Å²) in [6, 6.07) is 26.7. The van der Waals surface area contributed by atoms with E-state index >= 15 is 0 Å². The molecule has 37 heavy (non-hydrogen) atoms. The van der Waals surface area contributed by atoms with Crippen molar-refractivity contribution >= 4 is 46.5 Å². The van der Waals surface area contributed by atoms with Gasteiger partial charge in [-0.15, -0.1) is 5.10 Å². The van der Waals surface area contributed by atoms with Gasteiger partial charge < -0.3 is 5.32 Å². The number of halogens is 2. The Morgan fingerprint density at radius 2 is 1.76 bits per heavy atom. The summed E-state index contributed by atoms with van der Waals surface area (Å²) in [5.74, 6) is 0.905. The third-order valence-corrected chi connectivity index (χ3v) is 6.85. The minimum atomic E-state index is 0.348. The van der Waals surface area contributed by atoms with Crippen molar-refractivity contribution in [3.05, 3.63) is 112 Å². The molecule has 182 valence electrons. The van der Waals surface area contributed by atoms with Crippen LogP contribution >= 0.6 is 35.0 Å². The summed E-state index contributed by atoms with van der Waals surface area (Å²) in [6.45, 7) is 0.524. The Balaban J connectivity index is 1.42. The fourth-order valence-corrected chi connectivity index (χ4v) is 4.74. The van der Waals surface area contributed by atoms with E-state index in [0.29, 0.717) is 44.6 Å². The maximum atomic E-state index is 10.0. The van der Waals surface area contributed by atoms with E-state index in [1.165, 1.54) is 11.8 Å². The summed E-state index contributed by atoms with van der Waals surface area (Å²) in [5.41, 5.74) is 4.18. The van der Waals surface area contributed by atoms with Gasteiger partial charge in [0, 0.05) is 33.2 Å². The third kappa shape index (κ3) is 6.09. The maximum Gasteiger partial charge on any atom is 0.190 e. The Bertz CT molecular complexity index is 1580. The molecule has 2 heterocycles. The second kappa shape index (κ2) is 11.4. The Morgan fingerprint density at radius 3 is 2.54 bits per heavy atom. The molecule has 1 N–H and O–H groups in total. The summed E-state index contributed by atoms with van der Waals surface area (Å²) in [7, 11) is 0. The van der Waals surface area contributed by atoms with E-state index in [9.17, 15) is 5.26 Å². The summed E-state index contributed by atoms with van der Waals surface area (Å²) in [4.78, 5) is 9.38. The van der Waals surface area contributed by atoms with Crippen LogP contribution in [0, 0.1) is 11.3 Å². The molecule has 0 bridgehead atoms. The number of thioether (sulfide) groups is 1. The standard InChI is InChI=1S/C27H19Cl2N7S/c28-20-10-6-11-21(13-20)31-26-23(14-30)25(18-7-2-1-3-8-18)32-27(33-26)37-17-22-16-36(35-34-22)15-19-9-4-5-12-24(19)29/h1-13,16H,15,17H2,(H,31,32,33). The molecule has 3 aromatic carbocycles. The Hall–Kier alpha value is -3.90. The first-order chi connectivity index (χ1) is 18.1. The first-order valence-electron chi connectivity index (χ1n) is 11.2. The van der Waals surface area contributed by atoms with Gasteiger partial charge in [0.25, 0.3) is 0 Å². The van der Waals surface area contributed by atoms with Crippen molar-refractivity contribution in [2.75, 3.05) is 5.32 Å². The molecule has 0 spiro atoms. The molecule has 2 aromatic heterocycles. The van der Waals surface area contributed by atoms with Crippen LogP contribution in [0.4, 0.5) is 11.5 Å². The van der Waals surface area contributed by atoms with Crippen LogP contribution in [0.2, 0.25) is 10.0 Å². The van der Waals surface area contributed by atoms with Gasteiger partial charge in [0.05, 0.1) is 17.9 Å².